The second kappa shape index (κ2) is 6.70. The van der Waals surface area contributed by atoms with Crippen molar-refractivity contribution < 1.29 is 18.0 Å². The first kappa shape index (κ1) is 16.2. The Morgan fingerprint density at radius 3 is 2.86 bits per heavy atom. The Hall–Kier alpha value is -1.21. The van der Waals surface area contributed by atoms with Gasteiger partial charge in [-0.05, 0) is 31.0 Å². The number of alkyl halides is 3. The largest absolute Gasteiger partial charge is 0.416 e. The number of hydrogen-bond donors (Lipinski definition) is 1. The number of thioether (sulfide) groups is 1. The molecule has 1 amide bonds. The number of carbonyl (C=O) groups is 1. The van der Waals surface area contributed by atoms with Crippen molar-refractivity contribution in [1.82, 2.24) is 4.90 Å². The van der Waals surface area contributed by atoms with Crippen molar-refractivity contribution in [2.24, 2.45) is 5.73 Å². The Morgan fingerprint density at radius 1 is 1.43 bits per heavy atom. The molecule has 0 bridgehead atoms. The summed E-state index contributed by atoms with van der Waals surface area (Å²) in [5.74, 6) is 0.0722. The third kappa shape index (κ3) is 4.14. The molecule has 1 aliphatic rings. The van der Waals surface area contributed by atoms with Crippen LogP contribution in [-0.4, -0.2) is 35.7 Å². The lowest BCUT2D eigenvalue weighted by Gasteiger charge is -2.23. The minimum Gasteiger partial charge on any atom is -0.338 e. The third-order valence-corrected chi connectivity index (χ3v) is 4.47. The molecule has 0 aromatic heterocycles. The van der Waals surface area contributed by atoms with Crippen LogP contribution < -0.4 is 5.73 Å². The number of likely N-dealkylation sites (tertiary alicyclic amines) is 1. The average molecular weight is 318 g/mol. The fourth-order valence-corrected chi connectivity index (χ4v) is 3.24. The summed E-state index contributed by atoms with van der Waals surface area (Å²) in [5, 5.41) is 0. The maximum Gasteiger partial charge on any atom is 0.416 e. The van der Waals surface area contributed by atoms with Crippen LogP contribution in [0.2, 0.25) is 0 Å². The lowest BCUT2D eigenvalue weighted by atomic mass is 10.2. The number of amides is 1. The standard InChI is InChI=1S/C14H17F3N2OS/c15-14(16,17)10-3-1-5-12(7-10)21-9-13(20)19-6-2-4-11(19)8-18/h1,3,5,7,11H,2,4,6,8-9,18H2. The molecular formula is C14H17F3N2OS. The normalized spacial score (nSPS) is 19.0. The van der Waals surface area contributed by atoms with Crippen LogP contribution in [0.25, 0.3) is 0 Å². The highest BCUT2D eigenvalue weighted by molar-refractivity contribution is 8.00. The molecule has 1 saturated heterocycles. The highest BCUT2D eigenvalue weighted by Gasteiger charge is 2.31. The maximum absolute atomic E-state index is 12.6. The molecule has 2 N–H and O–H groups in total. The smallest absolute Gasteiger partial charge is 0.338 e. The minimum absolute atomic E-state index is 0.0645. The lowest BCUT2D eigenvalue weighted by Crippen LogP contribution is -2.40. The molecule has 0 aliphatic carbocycles. The van der Waals surface area contributed by atoms with E-state index in [1.165, 1.54) is 6.07 Å². The topological polar surface area (TPSA) is 46.3 Å². The van der Waals surface area contributed by atoms with Crippen LogP contribution in [0.15, 0.2) is 29.2 Å². The van der Waals surface area contributed by atoms with Gasteiger partial charge in [0.15, 0.2) is 0 Å². The number of nitrogens with two attached hydrogens (primary N) is 1. The Morgan fingerprint density at radius 2 is 2.19 bits per heavy atom. The third-order valence-electron chi connectivity index (χ3n) is 3.49. The van der Waals surface area contributed by atoms with E-state index in [-0.39, 0.29) is 17.7 Å². The summed E-state index contributed by atoms with van der Waals surface area (Å²) < 4.78 is 37.8. The fourth-order valence-electron chi connectivity index (χ4n) is 2.40. The van der Waals surface area contributed by atoms with Crippen molar-refractivity contribution in [2.75, 3.05) is 18.8 Å². The summed E-state index contributed by atoms with van der Waals surface area (Å²) in [5.41, 5.74) is 4.92. The van der Waals surface area contributed by atoms with E-state index < -0.39 is 11.7 Å². The van der Waals surface area contributed by atoms with Crippen LogP contribution in [0, 0.1) is 0 Å². The van der Waals surface area contributed by atoms with Crippen molar-refractivity contribution in [3.8, 4) is 0 Å². The van der Waals surface area contributed by atoms with E-state index >= 15 is 0 Å². The van der Waals surface area contributed by atoms with E-state index in [2.05, 4.69) is 0 Å². The zero-order valence-electron chi connectivity index (χ0n) is 11.4. The van der Waals surface area contributed by atoms with E-state index in [1.807, 2.05) is 0 Å². The average Bonchev–Trinajstić information content (AvgIpc) is 2.92. The summed E-state index contributed by atoms with van der Waals surface area (Å²) in [6, 6.07) is 5.10. The second-order valence-corrected chi connectivity index (χ2v) is 5.98. The van der Waals surface area contributed by atoms with Crippen LogP contribution in [0.3, 0.4) is 0 Å². The molecule has 21 heavy (non-hydrogen) atoms. The quantitative estimate of drug-likeness (QED) is 0.868. The monoisotopic (exact) mass is 318 g/mol. The molecule has 116 valence electrons. The Kier molecular flexibility index (Phi) is 5.16. The number of benzene rings is 1. The van der Waals surface area contributed by atoms with Crippen molar-refractivity contribution >= 4 is 17.7 Å². The summed E-state index contributed by atoms with van der Waals surface area (Å²) in [6.45, 7) is 1.11. The van der Waals surface area contributed by atoms with Crippen LogP contribution >= 0.6 is 11.8 Å². The predicted molar refractivity (Wildman–Crippen MR) is 76.0 cm³/mol. The van der Waals surface area contributed by atoms with Gasteiger partial charge >= 0.3 is 6.18 Å². The van der Waals surface area contributed by atoms with Gasteiger partial charge in [-0.1, -0.05) is 6.07 Å². The molecule has 0 saturated carbocycles. The number of rotatable bonds is 4. The predicted octanol–water partition coefficient (Wildman–Crippen LogP) is 2.75. The molecule has 1 unspecified atom stereocenters. The molecule has 1 fully saturated rings. The van der Waals surface area contributed by atoms with Gasteiger partial charge in [0.25, 0.3) is 0 Å². The molecule has 1 aliphatic heterocycles. The van der Waals surface area contributed by atoms with Gasteiger partial charge in [-0.2, -0.15) is 13.2 Å². The van der Waals surface area contributed by atoms with Gasteiger partial charge in [0.05, 0.1) is 11.3 Å². The molecule has 1 aromatic rings. The summed E-state index contributed by atoms with van der Waals surface area (Å²) in [4.78, 5) is 14.3. The molecule has 1 atom stereocenters. The molecular weight excluding hydrogens is 301 g/mol. The molecule has 0 spiro atoms. The second-order valence-electron chi connectivity index (χ2n) is 4.93. The zero-order valence-corrected chi connectivity index (χ0v) is 12.2. The number of carbonyl (C=O) groups excluding carboxylic acids is 1. The Labute approximate surface area is 125 Å². The van der Waals surface area contributed by atoms with Crippen LogP contribution in [-0.2, 0) is 11.0 Å². The minimum atomic E-state index is -4.36. The molecule has 0 radical (unpaired) electrons. The Bertz CT molecular complexity index is 507. The summed E-state index contributed by atoms with van der Waals surface area (Å²) >= 11 is 1.13. The van der Waals surface area contributed by atoms with Crippen molar-refractivity contribution in [3.05, 3.63) is 29.8 Å². The van der Waals surface area contributed by atoms with Gasteiger partial charge in [0, 0.05) is 24.0 Å². The Balaban J connectivity index is 1.95. The zero-order chi connectivity index (χ0) is 15.5. The van der Waals surface area contributed by atoms with Gasteiger partial charge in [-0.3, -0.25) is 4.79 Å². The van der Waals surface area contributed by atoms with Gasteiger partial charge in [0.2, 0.25) is 5.91 Å². The maximum atomic E-state index is 12.6. The summed E-state index contributed by atoms with van der Waals surface area (Å²) in [6.07, 6.45) is -2.53. The lowest BCUT2D eigenvalue weighted by molar-refractivity contribution is -0.137. The van der Waals surface area contributed by atoms with Gasteiger partial charge in [0.1, 0.15) is 0 Å². The van der Waals surface area contributed by atoms with E-state index in [1.54, 1.807) is 11.0 Å². The van der Waals surface area contributed by atoms with E-state index in [0.29, 0.717) is 18.0 Å². The number of hydrogen-bond acceptors (Lipinski definition) is 3. The molecule has 1 aromatic carbocycles. The van der Waals surface area contributed by atoms with E-state index in [9.17, 15) is 18.0 Å². The van der Waals surface area contributed by atoms with Gasteiger partial charge in [-0.15, -0.1) is 11.8 Å². The van der Waals surface area contributed by atoms with Gasteiger partial charge < -0.3 is 10.6 Å². The molecule has 7 heteroatoms. The van der Waals surface area contributed by atoms with Crippen molar-refractivity contribution in [3.63, 3.8) is 0 Å². The molecule has 1 heterocycles. The molecule has 2 rings (SSSR count). The highest BCUT2D eigenvalue weighted by Crippen LogP contribution is 2.32. The fraction of sp³-hybridized carbons (Fsp3) is 0.500. The SMILES string of the molecule is NCC1CCCN1C(=O)CSc1cccc(C(F)(F)F)c1. The van der Waals surface area contributed by atoms with E-state index in [0.717, 1.165) is 36.7 Å². The first-order chi connectivity index (χ1) is 9.91. The van der Waals surface area contributed by atoms with Crippen molar-refractivity contribution in [1.29, 1.82) is 0 Å². The first-order valence-corrected chi connectivity index (χ1v) is 7.70. The van der Waals surface area contributed by atoms with Crippen LogP contribution in [0.5, 0.6) is 0 Å². The highest BCUT2D eigenvalue weighted by atomic mass is 32.2. The number of nitrogens with zero attached hydrogens (tertiary/aromatic N) is 1. The molecule has 3 nitrogen and oxygen atoms in total. The first-order valence-electron chi connectivity index (χ1n) is 6.71. The van der Waals surface area contributed by atoms with Crippen LogP contribution in [0.1, 0.15) is 18.4 Å². The van der Waals surface area contributed by atoms with Crippen molar-refractivity contribution in [2.45, 2.75) is 30.0 Å². The summed E-state index contributed by atoms with van der Waals surface area (Å²) in [7, 11) is 0. The van der Waals surface area contributed by atoms with Crippen LogP contribution in [0.4, 0.5) is 13.2 Å². The van der Waals surface area contributed by atoms with Gasteiger partial charge in [-0.25, -0.2) is 0 Å². The number of halogens is 3. The van der Waals surface area contributed by atoms with E-state index in [4.69, 9.17) is 5.73 Å².